The molecule has 1 aliphatic heterocycles. The molecule has 0 fully saturated rings. The van der Waals surface area contributed by atoms with Crippen molar-refractivity contribution in [3.05, 3.63) is 60.2 Å². The average molecular weight is 399 g/mol. The Hall–Kier alpha value is -1.20. The number of carbonyl (C=O) groups is 1. The largest absolute Gasteiger partial charge is 0.310 e. The number of thioether (sulfide) groups is 1. The van der Waals surface area contributed by atoms with Crippen LogP contribution in [0.25, 0.3) is 0 Å². The molecule has 3 nitrogen and oxygen atoms in total. The summed E-state index contributed by atoms with van der Waals surface area (Å²) < 4.78 is 0. The number of likely N-dealkylation sites (N-methyl/N-ethyl adjacent to an activating group) is 1. The predicted octanol–water partition coefficient (Wildman–Crippen LogP) is 4.66. The lowest BCUT2D eigenvalue weighted by atomic mass is 10.1. The number of nitrogens with zero attached hydrogens (tertiary/aromatic N) is 2. The van der Waals surface area contributed by atoms with Crippen molar-refractivity contribution in [3.8, 4) is 0 Å². The Morgan fingerprint density at radius 2 is 1.68 bits per heavy atom. The van der Waals surface area contributed by atoms with Gasteiger partial charge in [-0.2, -0.15) is 0 Å². The molecule has 1 atom stereocenters. The number of amides is 1. The van der Waals surface area contributed by atoms with Gasteiger partial charge in [0, 0.05) is 29.7 Å². The molecule has 2 aromatic rings. The number of carbonyl (C=O) groups excluding carboxylic acids is 1. The molecular formula is C19H24Cl2N2OS. The van der Waals surface area contributed by atoms with Crippen LogP contribution in [0.2, 0.25) is 0 Å². The van der Waals surface area contributed by atoms with Crippen LogP contribution in [0, 0.1) is 0 Å². The number of halogens is 2. The van der Waals surface area contributed by atoms with Crippen molar-refractivity contribution in [1.29, 1.82) is 0 Å². The molecule has 136 valence electrons. The van der Waals surface area contributed by atoms with Gasteiger partial charge in [0.25, 0.3) is 0 Å². The van der Waals surface area contributed by atoms with Gasteiger partial charge in [0.15, 0.2) is 0 Å². The molecule has 1 aliphatic rings. The van der Waals surface area contributed by atoms with Crippen molar-refractivity contribution in [2.24, 2.45) is 0 Å². The van der Waals surface area contributed by atoms with Crippen molar-refractivity contribution in [3.63, 3.8) is 0 Å². The smallest absolute Gasteiger partial charge is 0.228 e. The fraction of sp³-hybridized carbons (Fsp3) is 0.316. The Labute approximate surface area is 166 Å². The van der Waals surface area contributed by atoms with Gasteiger partial charge in [-0.3, -0.25) is 4.79 Å². The standard InChI is InChI=1S/C19H22N2OS.2ClH/c1-20(2)12-13-21-16-10-6-7-11-17(16)23-18(14-19(21)22)15-8-4-3-5-9-15;;/h3-11,18H,12-14H2,1-2H3;2*1H. The van der Waals surface area contributed by atoms with E-state index in [1.54, 1.807) is 11.8 Å². The molecule has 1 unspecified atom stereocenters. The second kappa shape index (κ2) is 10.1. The lowest BCUT2D eigenvalue weighted by Crippen LogP contribution is -2.36. The Morgan fingerprint density at radius 3 is 2.36 bits per heavy atom. The second-order valence-corrected chi connectivity index (χ2v) is 7.28. The highest BCUT2D eigenvalue weighted by Crippen LogP contribution is 2.45. The minimum absolute atomic E-state index is 0. The fourth-order valence-electron chi connectivity index (χ4n) is 2.78. The first kappa shape index (κ1) is 21.8. The Morgan fingerprint density at radius 1 is 1.04 bits per heavy atom. The van der Waals surface area contributed by atoms with Gasteiger partial charge in [0.1, 0.15) is 0 Å². The van der Waals surface area contributed by atoms with E-state index in [-0.39, 0.29) is 36.0 Å². The molecule has 0 radical (unpaired) electrons. The third-order valence-electron chi connectivity index (χ3n) is 4.03. The molecule has 0 aliphatic carbocycles. The summed E-state index contributed by atoms with van der Waals surface area (Å²) in [5.41, 5.74) is 2.26. The van der Waals surface area contributed by atoms with Gasteiger partial charge in [0.05, 0.1) is 5.69 Å². The van der Waals surface area contributed by atoms with Crippen molar-refractivity contribution in [2.75, 3.05) is 32.1 Å². The van der Waals surface area contributed by atoms with E-state index in [4.69, 9.17) is 0 Å². The van der Waals surface area contributed by atoms with Gasteiger partial charge >= 0.3 is 0 Å². The lowest BCUT2D eigenvalue weighted by molar-refractivity contribution is -0.118. The van der Waals surface area contributed by atoms with E-state index in [0.29, 0.717) is 6.42 Å². The van der Waals surface area contributed by atoms with Crippen LogP contribution in [0.4, 0.5) is 5.69 Å². The van der Waals surface area contributed by atoms with Crippen molar-refractivity contribution in [1.82, 2.24) is 4.90 Å². The number of hydrogen-bond acceptors (Lipinski definition) is 3. The molecule has 6 heteroatoms. The van der Waals surface area contributed by atoms with Crippen molar-refractivity contribution < 1.29 is 4.79 Å². The average Bonchev–Trinajstić information content (AvgIpc) is 2.70. The van der Waals surface area contributed by atoms with E-state index in [9.17, 15) is 4.79 Å². The molecule has 0 spiro atoms. The van der Waals surface area contributed by atoms with Crippen LogP contribution in [-0.4, -0.2) is 38.0 Å². The normalized spacial score (nSPS) is 16.5. The summed E-state index contributed by atoms with van der Waals surface area (Å²) in [6.45, 7) is 1.59. The zero-order valence-corrected chi connectivity index (χ0v) is 16.9. The van der Waals surface area contributed by atoms with Crippen molar-refractivity contribution in [2.45, 2.75) is 16.6 Å². The van der Waals surface area contributed by atoms with Crippen LogP contribution in [0.15, 0.2) is 59.5 Å². The molecule has 25 heavy (non-hydrogen) atoms. The van der Waals surface area contributed by atoms with Gasteiger partial charge < -0.3 is 9.80 Å². The minimum atomic E-state index is 0. The Kier molecular flexibility index (Phi) is 8.80. The van der Waals surface area contributed by atoms with Gasteiger partial charge in [-0.25, -0.2) is 0 Å². The lowest BCUT2D eigenvalue weighted by Gasteiger charge is -2.24. The summed E-state index contributed by atoms with van der Waals surface area (Å²) in [7, 11) is 4.07. The maximum atomic E-state index is 12.9. The van der Waals surface area contributed by atoms with Crippen LogP contribution in [0.5, 0.6) is 0 Å². The van der Waals surface area contributed by atoms with Crippen LogP contribution >= 0.6 is 36.6 Å². The second-order valence-electron chi connectivity index (χ2n) is 6.04. The van der Waals surface area contributed by atoms with Crippen molar-refractivity contribution >= 4 is 48.2 Å². The number of benzene rings is 2. The van der Waals surface area contributed by atoms with E-state index < -0.39 is 0 Å². The van der Waals surface area contributed by atoms with Gasteiger partial charge in [0.2, 0.25) is 5.91 Å². The van der Waals surface area contributed by atoms with Crippen LogP contribution < -0.4 is 4.90 Å². The fourth-order valence-corrected chi connectivity index (χ4v) is 4.06. The monoisotopic (exact) mass is 398 g/mol. The molecule has 0 saturated carbocycles. The highest BCUT2D eigenvalue weighted by molar-refractivity contribution is 7.99. The van der Waals surface area contributed by atoms with E-state index >= 15 is 0 Å². The molecule has 1 amide bonds. The van der Waals surface area contributed by atoms with Gasteiger partial charge in [-0.05, 0) is 31.8 Å². The number of para-hydroxylation sites is 1. The summed E-state index contributed by atoms with van der Waals surface area (Å²) in [5.74, 6) is 0.207. The summed E-state index contributed by atoms with van der Waals surface area (Å²) in [6.07, 6.45) is 0.538. The maximum absolute atomic E-state index is 12.9. The van der Waals surface area contributed by atoms with E-state index in [2.05, 4.69) is 29.2 Å². The molecule has 2 aromatic carbocycles. The predicted molar refractivity (Wildman–Crippen MR) is 112 cm³/mol. The molecular weight excluding hydrogens is 375 g/mol. The summed E-state index contributed by atoms with van der Waals surface area (Å²) in [5, 5.41) is 0.175. The summed E-state index contributed by atoms with van der Waals surface area (Å²) >= 11 is 1.80. The first-order valence-corrected chi connectivity index (χ1v) is 8.79. The number of rotatable bonds is 4. The quantitative estimate of drug-likeness (QED) is 0.747. The topological polar surface area (TPSA) is 23.6 Å². The number of hydrogen-bond donors (Lipinski definition) is 0. The summed E-state index contributed by atoms with van der Waals surface area (Å²) in [6, 6.07) is 18.6. The van der Waals surface area contributed by atoms with Gasteiger partial charge in [-0.15, -0.1) is 36.6 Å². The van der Waals surface area contributed by atoms with E-state index in [1.807, 2.05) is 49.3 Å². The summed E-state index contributed by atoms with van der Waals surface area (Å²) in [4.78, 5) is 18.1. The first-order valence-electron chi connectivity index (χ1n) is 7.91. The Balaban J connectivity index is 0.00000156. The third kappa shape index (κ3) is 5.38. The van der Waals surface area contributed by atoms with Crippen LogP contribution in [0.1, 0.15) is 17.2 Å². The van der Waals surface area contributed by atoms with Gasteiger partial charge in [-0.1, -0.05) is 42.5 Å². The highest BCUT2D eigenvalue weighted by atomic mass is 35.5. The molecule has 3 rings (SSSR count). The molecule has 0 aromatic heterocycles. The minimum Gasteiger partial charge on any atom is -0.310 e. The maximum Gasteiger partial charge on any atom is 0.228 e. The van der Waals surface area contributed by atoms with Crippen LogP contribution in [0.3, 0.4) is 0 Å². The molecule has 0 N–H and O–H groups in total. The SMILES string of the molecule is CN(C)CCN1C(=O)CC(c2ccccc2)Sc2ccccc21.Cl.Cl. The number of anilines is 1. The zero-order chi connectivity index (χ0) is 16.2. The van der Waals surface area contributed by atoms with E-state index in [1.165, 1.54) is 10.5 Å². The molecule has 1 heterocycles. The molecule has 0 bridgehead atoms. The Bertz CT molecular complexity index is 682. The first-order chi connectivity index (χ1) is 11.1. The van der Waals surface area contributed by atoms with Crippen LogP contribution in [-0.2, 0) is 4.79 Å². The molecule has 0 saturated heterocycles. The zero-order valence-electron chi connectivity index (χ0n) is 14.4. The highest BCUT2D eigenvalue weighted by Gasteiger charge is 2.28. The number of fused-ring (bicyclic) bond motifs is 1. The van der Waals surface area contributed by atoms with E-state index in [0.717, 1.165) is 18.8 Å². The third-order valence-corrected chi connectivity index (χ3v) is 5.35.